The smallest absolute Gasteiger partial charge is 0.333 e. The van der Waals surface area contributed by atoms with E-state index in [9.17, 15) is 8.42 Å². The van der Waals surface area contributed by atoms with Crippen molar-refractivity contribution in [3.8, 4) is 0 Å². The van der Waals surface area contributed by atoms with Crippen molar-refractivity contribution in [2.75, 3.05) is 6.61 Å². The molecule has 1 saturated heterocycles. The predicted octanol–water partition coefficient (Wildman–Crippen LogP) is 3.20. The lowest BCUT2D eigenvalue weighted by Crippen LogP contribution is -2.26. The Hall–Kier alpha value is -0.660. The molecule has 1 heterocycles. The fourth-order valence-electron chi connectivity index (χ4n) is 3.06. The minimum atomic E-state index is -3.97. The molecular weight excluding hydrogens is 326 g/mol. The van der Waals surface area contributed by atoms with Crippen molar-refractivity contribution < 1.29 is 17.3 Å². The maximum atomic E-state index is 11.1. The monoisotopic (exact) mass is 347 g/mol. The van der Waals surface area contributed by atoms with Crippen molar-refractivity contribution >= 4 is 21.9 Å². The Morgan fingerprint density at radius 2 is 2.00 bits per heavy atom. The summed E-state index contributed by atoms with van der Waals surface area (Å²) in [5.74, 6) is -0.113. The van der Waals surface area contributed by atoms with Crippen LogP contribution < -0.4 is 5.14 Å². The predicted molar refractivity (Wildman–Crippen MR) is 85.8 cm³/mol. The molecule has 0 bridgehead atoms. The van der Waals surface area contributed by atoms with Crippen molar-refractivity contribution in [2.45, 2.75) is 44.8 Å². The SMILES string of the molecule is CCC1(CC)C[C@@H](COS(N)(=O)=O)[C@H](c2ccccc2Cl)O1. The molecule has 1 fully saturated rings. The maximum absolute atomic E-state index is 11.1. The zero-order chi connectivity index (χ0) is 16.4. The van der Waals surface area contributed by atoms with E-state index in [4.69, 9.17) is 25.7 Å². The van der Waals surface area contributed by atoms with Gasteiger partial charge in [-0.05, 0) is 30.9 Å². The highest BCUT2D eigenvalue weighted by molar-refractivity contribution is 7.84. The van der Waals surface area contributed by atoms with E-state index < -0.39 is 10.3 Å². The van der Waals surface area contributed by atoms with Gasteiger partial charge in [0, 0.05) is 10.9 Å². The van der Waals surface area contributed by atoms with Crippen LogP contribution in [0.15, 0.2) is 24.3 Å². The van der Waals surface area contributed by atoms with Gasteiger partial charge in [0.1, 0.15) is 0 Å². The second-order valence-electron chi connectivity index (χ2n) is 5.69. The number of hydrogen-bond acceptors (Lipinski definition) is 4. The molecule has 0 radical (unpaired) electrons. The Balaban J connectivity index is 2.29. The molecule has 1 aliphatic heterocycles. The van der Waals surface area contributed by atoms with Crippen LogP contribution in [0.4, 0.5) is 0 Å². The van der Waals surface area contributed by atoms with E-state index in [1.165, 1.54) is 0 Å². The van der Waals surface area contributed by atoms with Crippen LogP contribution in [0.5, 0.6) is 0 Å². The molecule has 0 saturated carbocycles. The first-order chi connectivity index (χ1) is 10.3. The Bertz CT molecular complexity index is 616. The van der Waals surface area contributed by atoms with Crippen molar-refractivity contribution in [1.29, 1.82) is 0 Å². The van der Waals surface area contributed by atoms with Gasteiger partial charge in [0.2, 0.25) is 0 Å². The normalized spacial score (nSPS) is 24.5. The molecule has 1 aromatic carbocycles. The van der Waals surface area contributed by atoms with Gasteiger partial charge in [0.15, 0.2) is 0 Å². The van der Waals surface area contributed by atoms with E-state index in [1.807, 2.05) is 18.2 Å². The van der Waals surface area contributed by atoms with Crippen LogP contribution in [0.2, 0.25) is 5.02 Å². The van der Waals surface area contributed by atoms with Gasteiger partial charge in [-0.2, -0.15) is 8.42 Å². The van der Waals surface area contributed by atoms with E-state index in [1.54, 1.807) is 6.07 Å². The number of nitrogens with two attached hydrogens (primary N) is 1. The van der Waals surface area contributed by atoms with Crippen molar-refractivity contribution in [3.05, 3.63) is 34.9 Å². The Morgan fingerprint density at radius 1 is 1.36 bits per heavy atom. The maximum Gasteiger partial charge on any atom is 0.333 e. The third kappa shape index (κ3) is 4.00. The summed E-state index contributed by atoms with van der Waals surface area (Å²) in [6.07, 6.45) is 2.10. The molecule has 0 amide bonds. The van der Waals surface area contributed by atoms with Crippen molar-refractivity contribution in [2.24, 2.45) is 11.1 Å². The molecule has 0 aliphatic carbocycles. The third-order valence-corrected chi connectivity index (χ3v) is 5.19. The number of rotatable bonds is 6. The minimum Gasteiger partial charge on any atom is -0.367 e. The number of hydrogen-bond donors (Lipinski definition) is 1. The number of benzene rings is 1. The lowest BCUT2D eigenvalue weighted by Gasteiger charge is -2.27. The highest BCUT2D eigenvalue weighted by Crippen LogP contribution is 2.48. The zero-order valence-electron chi connectivity index (χ0n) is 12.8. The lowest BCUT2D eigenvalue weighted by atomic mass is 9.87. The van der Waals surface area contributed by atoms with Crippen molar-refractivity contribution in [1.82, 2.24) is 0 Å². The van der Waals surface area contributed by atoms with Gasteiger partial charge in [-0.1, -0.05) is 43.6 Å². The summed E-state index contributed by atoms with van der Waals surface area (Å²) in [6.45, 7) is 4.13. The molecule has 22 heavy (non-hydrogen) atoms. The molecule has 2 atom stereocenters. The summed E-state index contributed by atoms with van der Waals surface area (Å²) in [7, 11) is -3.97. The molecule has 7 heteroatoms. The van der Waals surface area contributed by atoms with E-state index in [0.717, 1.165) is 18.4 Å². The van der Waals surface area contributed by atoms with Crippen molar-refractivity contribution in [3.63, 3.8) is 0 Å². The molecule has 2 N–H and O–H groups in total. The molecule has 1 aromatic rings. The molecule has 1 aliphatic rings. The van der Waals surface area contributed by atoms with Crippen LogP contribution in [0, 0.1) is 5.92 Å². The van der Waals surface area contributed by atoms with Gasteiger partial charge in [-0.3, -0.25) is 4.18 Å². The van der Waals surface area contributed by atoms with Gasteiger partial charge < -0.3 is 4.74 Å². The quantitative estimate of drug-likeness (QED) is 0.857. The van der Waals surface area contributed by atoms with Crippen LogP contribution >= 0.6 is 11.6 Å². The number of halogens is 1. The van der Waals surface area contributed by atoms with Crippen LogP contribution in [-0.2, 0) is 19.2 Å². The fourth-order valence-corrected chi connectivity index (χ4v) is 3.66. The van der Waals surface area contributed by atoms with Gasteiger partial charge in [-0.15, -0.1) is 0 Å². The summed E-state index contributed by atoms with van der Waals surface area (Å²) < 4.78 is 33.3. The average molecular weight is 348 g/mol. The van der Waals surface area contributed by atoms with Gasteiger partial charge in [0.25, 0.3) is 0 Å². The minimum absolute atomic E-state index is 0.00350. The van der Waals surface area contributed by atoms with Crippen LogP contribution in [0.25, 0.3) is 0 Å². The molecule has 0 spiro atoms. The van der Waals surface area contributed by atoms with E-state index in [0.29, 0.717) is 11.4 Å². The first-order valence-electron chi connectivity index (χ1n) is 7.39. The molecule has 124 valence electrons. The topological polar surface area (TPSA) is 78.6 Å². The molecule has 0 unspecified atom stereocenters. The molecule has 5 nitrogen and oxygen atoms in total. The standard InChI is InChI=1S/C15H22ClNO4S/c1-3-15(4-2)9-11(10-20-22(17,18)19)14(21-15)12-7-5-6-8-13(12)16/h5-8,11,14H,3-4,9-10H2,1-2H3,(H2,17,18,19)/t11-,14+/m0/s1. The van der Waals surface area contributed by atoms with E-state index >= 15 is 0 Å². The Labute approximate surface area is 137 Å². The van der Waals surface area contributed by atoms with Crippen LogP contribution in [0.1, 0.15) is 44.8 Å². The van der Waals surface area contributed by atoms with Crippen LogP contribution in [0.3, 0.4) is 0 Å². The largest absolute Gasteiger partial charge is 0.367 e. The van der Waals surface area contributed by atoms with E-state index in [2.05, 4.69) is 13.8 Å². The van der Waals surface area contributed by atoms with Crippen LogP contribution in [-0.4, -0.2) is 20.6 Å². The summed E-state index contributed by atoms with van der Waals surface area (Å²) in [5, 5.41) is 5.55. The first kappa shape index (κ1) is 17.7. The van der Waals surface area contributed by atoms with E-state index in [-0.39, 0.29) is 24.2 Å². The third-order valence-electron chi connectivity index (χ3n) is 4.39. The molecular formula is C15H22ClNO4S. The summed E-state index contributed by atoms with van der Waals surface area (Å²) in [4.78, 5) is 0. The Kier molecular flexibility index (Phi) is 5.50. The second kappa shape index (κ2) is 6.84. The zero-order valence-corrected chi connectivity index (χ0v) is 14.4. The fraction of sp³-hybridized carbons (Fsp3) is 0.600. The second-order valence-corrected chi connectivity index (χ2v) is 7.32. The first-order valence-corrected chi connectivity index (χ1v) is 9.24. The summed E-state index contributed by atoms with van der Waals surface area (Å²) >= 11 is 6.28. The van der Waals surface area contributed by atoms with Gasteiger partial charge >= 0.3 is 10.3 Å². The highest BCUT2D eigenvalue weighted by atomic mass is 35.5. The van der Waals surface area contributed by atoms with Gasteiger partial charge in [0.05, 0.1) is 18.3 Å². The Morgan fingerprint density at radius 3 is 2.55 bits per heavy atom. The molecule has 2 rings (SSSR count). The van der Waals surface area contributed by atoms with Gasteiger partial charge in [-0.25, -0.2) is 5.14 Å². The lowest BCUT2D eigenvalue weighted by molar-refractivity contribution is -0.0528. The number of ether oxygens (including phenoxy) is 1. The molecule has 0 aromatic heterocycles. The summed E-state index contributed by atoms with van der Waals surface area (Å²) in [5.41, 5.74) is 0.576. The summed E-state index contributed by atoms with van der Waals surface area (Å²) in [6, 6.07) is 7.44. The highest BCUT2D eigenvalue weighted by Gasteiger charge is 2.45. The average Bonchev–Trinajstić information content (AvgIpc) is 2.85.